The van der Waals surface area contributed by atoms with E-state index in [1.807, 2.05) is 21.6 Å². The lowest BCUT2D eigenvalue weighted by atomic mass is 9.92. The summed E-state index contributed by atoms with van der Waals surface area (Å²) in [5, 5.41) is 0. The molecule has 1 aromatic rings. The number of ether oxygens (including phenoxy) is 4. The first-order valence-corrected chi connectivity index (χ1v) is 18.9. The van der Waals surface area contributed by atoms with Gasteiger partial charge in [-0.15, -0.1) is 0 Å². The Morgan fingerprint density at radius 3 is 2.27 bits per heavy atom. The second-order valence-electron chi connectivity index (χ2n) is 12.8. The Balaban J connectivity index is 1.19. The minimum absolute atomic E-state index is 0.0756. The van der Waals surface area contributed by atoms with Crippen LogP contribution in [0.4, 0.5) is 0 Å². The van der Waals surface area contributed by atoms with Crippen LogP contribution in [0.25, 0.3) is 0 Å². The van der Waals surface area contributed by atoms with Crippen LogP contribution >= 0.6 is 21.6 Å². The van der Waals surface area contributed by atoms with Crippen LogP contribution in [0.15, 0.2) is 18.2 Å². The van der Waals surface area contributed by atoms with Crippen LogP contribution in [-0.4, -0.2) is 75.2 Å². The van der Waals surface area contributed by atoms with E-state index in [1.54, 1.807) is 7.11 Å². The van der Waals surface area contributed by atoms with Gasteiger partial charge in [0.25, 0.3) is 0 Å². The molecule has 5 nitrogen and oxygen atoms in total. The van der Waals surface area contributed by atoms with Crippen LogP contribution in [0.2, 0.25) is 0 Å². The van der Waals surface area contributed by atoms with Crippen molar-refractivity contribution in [1.82, 2.24) is 4.90 Å². The van der Waals surface area contributed by atoms with Gasteiger partial charge in [-0.25, -0.2) is 0 Å². The average Bonchev–Trinajstić information content (AvgIpc) is 3.41. The van der Waals surface area contributed by atoms with Gasteiger partial charge in [0.2, 0.25) is 0 Å². The Bertz CT molecular complexity index is 826. The van der Waals surface area contributed by atoms with E-state index in [0.29, 0.717) is 13.2 Å². The lowest BCUT2D eigenvalue weighted by Crippen LogP contribution is -2.31. The standard InChI is InChI=1S/C34H59NO4S2/c1-27(2)9-6-10-28(3)11-7-12-29(4)13-8-17-35-18-16-30-23-32(15-14-31(30)24-35)38-19-21-40-41-22-20-39-34-26-37-25-33(34)36-5/h14-15,23,27-29,33-34H,6-13,16-22,24-26H2,1-5H3. The minimum atomic E-state index is 0.0756. The number of methoxy groups -OCH3 is 1. The Morgan fingerprint density at radius 2 is 1.54 bits per heavy atom. The Kier molecular flexibility index (Phi) is 17.5. The molecule has 0 spiro atoms. The zero-order valence-corrected chi connectivity index (χ0v) is 28.4. The maximum atomic E-state index is 6.07. The van der Waals surface area contributed by atoms with Crippen molar-refractivity contribution in [3.8, 4) is 5.75 Å². The van der Waals surface area contributed by atoms with Gasteiger partial charge >= 0.3 is 0 Å². The summed E-state index contributed by atoms with van der Waals surface area (Å²) in [6, 6.07) is 6.73. The van der Waals surface area contributed by atoms with Crippen molar-refractivity contribution < 1.29 is 18.9 Å². The molecule has 2 aliphatic rings. The van der Waals surface area contributed by atoms with E-state index in [1.165, 1.54) is 75.6 Å². The summed E-state index contributed by atoms with van der Waals surface area (Å²) in [5.41, 5.74) is 2.95. The quantitative estimate of drug-likeness (QED) is 0.0968. The zero-order chi connectivity index (χ0) is 29.3. The molecule has 1 fully saturated rings. The first-order chi connectivity index (χ1) is 19.9. The predicted octanol–water partition coefficient (Wildman–Crippen LogP) is 8.28. The van der Waals surface area contributed by atoms with Crippen molar-refractivity contribution in [2.45, 2.75) is 104 Å². The van der Waals surface area contributed by atoms with Crippen molar-refractivity contribution >= 4 is 21.6 Å². The van der Waals surface area contributed by atoms with Crippen molar-refractivity contribution in [2.24, 2.45) is 17.8 Å². The lowest BCUT2D eigenvalue weighted by Gasteiger charge is -2.29. The van der Waals surface area contributed by atoms with Crippen LogP contribution < -0.4 is 4.74 Å². The highest BCUT2D eigenvalue weighted by molar-refractivity contribution is 8.76. The highest BCUT2D eigenvalue weighted by Gasteiger charge is 2.28. The number of hydrogen-bond acceptors (Lipinski definition) is 7. The fourth-order valence-corrected chi connectivity index (χ4v) is 7.61. The molecule has 0 aromatic heterocycles. The van der Waals surface area contributed by atoms with Crippen molar-refractivity contribution in [3.05, 3.63) is 29.3 Å². The summed E-state index contributed by atoms with van der Waals surface area (Å²) in [6.07, 6.45) is 12.4. The van der Waals surface area contributed by atoms with E-state index in [4.69, 9.17) is 18.9 Å². The number of benzene rings is 1. The molecule has 4 unspecified atom stereocenters. The Morgan fingerprint density at radius 1 is 0.854 bits per heavy atom. The smallest absolute Gasteiger partial charge is 0.119 e. The van der Waals surface area contributed by atoms with E-state index in [0.717, 1.165) is 61.2 Å². The van der Waals surface area contributed by atoms with Gasteiger partial charge < -0.3 is 18.9 Å². The van der Waals surface area contributed by atoms with Gasteiger partial charge in [-0.05, 0) is 66.8 Å². The van der Waals surface area contributed by atoms with E-state index in [-0.39, 0.29) is 12.2 Å². The molecule has 0 aliphatic carbocycles. The van der Waals surface area contributed by atoms with Crippen molar-refractivity contribution in [2.75, 3.05) is 58.1 Å². The second kappa shape index (κ2) is 20.5. The van der Waals surface area contributed by atoms with Crippen molar-refractivity contribution in [1.29, 1.82) is 0 Å². The van der Waals surface area contributed by atoms with Crippen LogP contribution in [0.5, 0.6) is 5.75 Å². The van der Waals surface area contributed by atoms with Crippen LogP contribution in [0.1, 0.15) is 90.2 Å². The average molecular weight is 610 g/mol. The first kappa shape index (κ1) is 35.0. The molecule has 2 heterocycles. The van der Waals surface area contributed by atoms with Gasteiger partial charge in [0, 0.05) is 31.7 Å². The highest BCUT2D eigenvalue weighted by Crippen LogP contribution is 2.26. The highest BCUT2D eigenvalue weighted by atomic mass is 33.1. The molecule has 0 N–H and O–H groups in total. The third-order valence-electron chi connectivity index (χ3n) is 8.61. The summed E-state index contributed by atoms with van der Waals surface area (Å²) in [4.78, 5) is 2.65. The van der Waals surface area contributed by atoms with Gasteiger partial charge in [-0.2, -0.15) is 0 Å². The molecule has 41 heavy (non-hydrogen) atoms. The van der Waals surface area contributed by atoms with Gasteiger partial charge in [-0.1, -0.05) is 93.9 Å². The molecule has 0 radical (unpaired) electrons. The molecule has 0 amide bonds. The van der Waals surface area contributed by atoms with Gasteiger partial charge in [0.15, 0.2) is 0 Å². The van der Waals surface area contributed by atoms with Gasteiger partial charge in [0.1, 0.15) is 18.0 Å². The van der Waals surface area contributed by atoms with Crippen LogP contribution in [0, 0.1) is 17.8 Å². The van der Waals surface area contributed by atoms with Gasteiger partial charge in [0.05, 0.1) is 26.4 Å². The third-order valence-corrected chi connectivity index (χ3v) is 10.9. The molecule has 0 saturated carbocycles. The monoisotopic (exact) mass is 609 g/mol. The summed E-state index contributed by atoms with van der Waals surface area (Å²) in [6.45, 7) is 15.8. The second-order valence-corrected chi connectivity index (χ2v) is 15.5. The zero-order valence-electron chi connectivity index (χ0n) is 26.7. The number of rotatable bonds is 22. The summed E-state index contributed by atoms with van der Waals surface area (Å²) < 4.78 is 22.8. The Labute approximate surface area is 259 Å². The van der Waals surface area contributed by atoms with Gasteiger partial charge in [-0.3, -0.25) is 4.90 Å². The SMILES string of the molecule is COC1COCC1OCCSSCCOc1ccc2c(c1)CCN(CCCC(C)CCCC(C)CCCC(C)C)C2. The predicted molar refractivity (Wildman–Crippen MR) is 177 cm³/mol. The van der Waals surface area contributed by atoms with Crippen molar-refractivity contribution in [3.63, 3.8) is 0 Å². The molecular weight excluding hydrogens is 551 g/mol. The number of fused-ring (bicyclic) bond motifs is 1. The number of hydrogen-bond donors (Lipinski definition) is 0. The maximum Gasteiger partial charge on any atom is 0.119 e. The van der Waals surface area contributed by atoms with E-state index < -0.39 is 0 Å². The Hall–Kier alpha value is -0.440. The summed E-state index contributed by atoms with van der Waals surface area (Å²) in [7, 11) is 5.42. The maximum absolute atomic E-state index is 6.07. The molecule has 3 rings (SSSR count). The topological polar surface area (TPSA) is 40.2 Å². The first-order valence-electron chi connectivity index (χ1n) is 16.4. The van der Waals surface area contributed by atoms with E-state index in [9.17, 15) is 0 Å². The normalized spacial score (nSPS) is 20.8. The third kappa shape index (κ3) is 14.3. The van der Waals surface area contributed by atoms with E-state index >= 15 is 0 Å². The molecule has 4 atom stereocenters. The molecular formula is C34H59NO4S2. The minimum Gasteiger partial charge on any atom is -0.493 e. The lowest BCUT2D eigenvalue weighted by molar-refractivity contribution is -0.0224. The van der Waals surface area contributed by atoms with Crippen LogP contribution in [0.3, 0.4) is 0 Å². The molecule has 1 saturated heterocycles. The summed E-state index contributed by atoms with van der Waals surface area (Å²) in [5.74, 6) is 5.56. The molecule has 2 aliphatic heterocycles. The fraction of sp³-hybridized carbons (Fsp3) is 0.824. The van der Waals surface area contributed by atoms with E-state index in [2.05, 4.69) is 50.8 Å². The van der Waals surface area contributed by atoms with Crippen LogP contribution in [-0.2, 0) is 27.2 Å². The number of nitrogens with zero attached hydrogens (tertiary/aromatic N) is 1. The molecule has 236 valence electrons. The molecule has 1 aromatic carbocycles. The summed E-state index contributed by atoms with van der Waals surface area (Å²) >= 11 is 0. The fourth-order valence-electron chi connectivity index (χ4n) is 5.94. The largest absolute Gasteiger partial charge is 0.493 e. The molecule has 0 bridgehead atoms. The molecule has 7 heteroatoms.